The SMILES string of the molecule is Cc1cc(C)c(-c2c3ccccc3nc3cccc(C)c23)c(C)c1.[O-][Cl+3]([O-])([O-])O. The fraction of sp³-hybridized carbons (Fsp3) is 0.174. The van der Waals surface area contributed by atoms with Crippen LogP contribution >= 0.6 is 0 Å². The summed E-state index contributed by atoms with van der Waals surface area (Å²) in [6.45, 7) is 8.78. The first kappa shape index (κ1) is 21.2. The Morgan fingerprint density at radius 3 is 1.90 bits per heavy atom. The van der Waals surface area contributed by atoms with Crippen molar-refractivity contribution in [3.8, 4) is 11.1 Å². The van der Waals surface area contributed by atoms with E-state index >= 15 is 0 Å². The lowest BCUT2D eigenvalue weighted by molar-refractivity contribution is -1.92. The van der Waals surface area contributed by atoms with Crippen LogP contribution in [-0.2, 0) is 0 Å². The second-order valence-corrected chi connectivity index (χ2v) is 7.93. The third-order valence-corrected chi connectivity index (χ3v) is 4.84. The van der Waals surface area contributed by atoms with Gasteiger partial charge in [-0.25, -0.2) is 4.98 Å². The summed E-state index contributed by atoms with van der Waals surface area (Å²) in [5.74, 6) is 0. The molecule has 6 heteroatoms. The van der Waals surface area contributed by atoms with Gasteiger partial charge in [0.2, 0.25) is 0 Å². The van der Waals surface area contributed by atoms with E-state index in [0.29, 0.717) is 0 Å². The highest BCUT2D eigenvalue weighted by atomic mass is 35.7. The van der Waals surface area contributed by atoms with Crippen LogP contribution in [-0.4, -0.2) is 9.64 Å². The molecule has 29 heavy (non-hydrogen) atoms. The topological polar surface area (TPSA) is 102 Å². The molecule has 0 fully saturated rings. The number of rotatable bonds is 1. The summed E-state index contributed by atoms with van der Waals surface area (Å²) < 4.78 is 32.7. The number of aryl methyl sites for hydroxylation is 4. The molecule has 150 valence electrons. The summed E-state index contributed by atoms with van der Waals surface area (Å²) in [5, 5.41) is 2.50. The van der Waals surface area contributed by atoms with Gasteiger partial charge in [0.1, 0.15) is 0 Å². The van der Waals surface area contributed by atoms with Crippen LogP contribution in [0, 0.1) is 37.9 Å². The van der Waals surface area contributed by atoms with E-state index in [1.54, 1.807) is 0 Å². The molecule has 0 unspecified atom stereocenters. The van der Waals surface area contributed by atoms with Crippen molar-refractivity contribution >= 4 is 21.8 Å². The molecule has 1 N–H and O–H groups in total. The zero-order valence-electron chi connectivity index (χ0n) is 16.7. The Hall–Kier alpha value is -2.54. The van der Waals surface area contributed by atoms with Gasteiger partial charge in [0.05, 0.1) is 25.9 Å². The maximum absolute atomic E-state index is 8.60. The van der Waals surface area contributed by atoms with Crippen molar-refractivity contribution in [1.29, 1.82) is 0 Å². The van der Waals surface area contributed by atoms with Crippen LogP contribution < -0.4 is 14.0 Å². The first-order valence-corrected chi connectivity index (χ1v) is 10.3. The number of nitrogens with zero attached hydrogens (tertiary/aromatic N) is 1. The lowest BCUT2D eigenvalue weighted by Gasteiger charge is -2.18. The minimum Gasteiger partial charge on any atom is -0.248 e. The van der Waals surface area contributed by atoms with E-state index in [1.807, 2.05) is 0 Å². The van der Waals surface area contributed by atoms with Crippen molar-refractivity contribution < 1.29 is 28.9 Å². The number of para-hydroxylation sites is 1. The maximum Gasteiger partial charge on any atom is 0.0777 e. The maximum atomic E-state index is 8.60. The molecule has 0 saturated heterocycles. The molecule has 0 saturated carbocycles. The predicted octanol–water partition coefficient (Wildman–Crippen LogP) is 2.16. The van der Waals surface area contributed by atoms with Gasteiger partial charge >= 0.3 is 0 Å². The Bertz CT molecular complexity index is 1170. The molecule has 4 rings (SSSR count). The highest BCUT2D eigenvalue weighted by Crippen LogP contribution is 2.39. The number of pyridine rings is 1. The lowest BCUT2D eigenvalue weighted by atomic mass is 9.88. The highest BCUT2D eigenvalue weighted by Gasteiger charge is 2.16. The van der Waals surface area contributed by atoms with Crippen LogP contribution in [0.25, 0.3) is 32.9 Å². The average molecular weight is 412 g/mol. The molecular weight excluding hydrogens is 390 g/mol. The predicted molar refractivity (Wildman–Crippen MR) is 106 cm³/mol. The van der Waals surface area contributed by atoms with Crippen molar-refractivity contribution in [3.05, 3.63) is 76.9 Å². The second kappa shape index (κ2) is 8.06. The Morgan fingerprint density at radius 1 is 0.724 bits per heavy atom. The third-order valence-electron chi connectivity index (χ3n) is 4.84. The third kappa shape index (κ3) is 4.72. The zero-order chi connectivity index (χ0) is 21.3. The smallest absolute Gasteiger partial charge is 0.0777 e. The van der Waals surface area contributed by atoms with E-state index in [1.165, 1.54) is 44.2 Å². The van der Waals surface area contributed by atoms with E-state index < -0.39 is 10.2 Å². The fourth-order valence-electron chi connectivity index (χ4n) is 3.95. The zero-order valence-corrected chi connectivity index (χ0v) is 17.4. The van der Waals surface area contributed by atoms with Gasteiger partial charge in [-0.1, -0.05) is 48.0 Å². The number of benzene rings is 3. The first-order valence-electron chi connectivity index (χ1n) is 9.06. The van der Waals surface area contributed by atoms with E-state index in [0.717, 1.165) is 11.0 Å². The molecule has 0 radical (unpaired) electrons. The molecule has 1 aromatic heterocycles. The molecule has 3 aromatic carbocycles. The Labute approximate surface area is 171 Å². The number of hydrogen-bond acceptors (Lipinski definition) is 5. The first-order chi connectivity index (χ1) is 13.6. The van der Waals surface area contributed by atoms with Crippen molar-refractivity contribution in [3.63, 3.8) is 0 Å². The summed E-state index contributed by atoms with van der Waals surface area (Å²) >= 11 is 0. The number of aromatic nitrogens is 1. The van der Waals surface area contributed by atoms with Crippen LogP contribution in [0.5, 0.6) is 0 Å². The molecule has 1 heterocycles. The minimum absolute atomic E-state index is 1.06. The Morgan fingerprint density at radius 2 is 1.28 bits per heavy atom. The molecule has 0 spiro atoms. The highest BCUT2D eigenvalue weighted by molar-refractivity contribution is 6.11. The second-order valence-electron chi connectivity index (χ2n) is 7.14. The summed E-state index contributed by atoms with van der Waals surface area (Å²) in [5.41, 5.74) is 10.0. The van der Waals surface area contributed by atoms with Gasteiger partial charge in [0.25, 0.3) is 0 Å². The van der Waals surface area contributed by atoms with Gasteiger partial charge in [0, 0.05) is 16.3 Å². The van der Waals surface area contributed by atoms with Crippen molar-refractivity contribution in [2.75, 3.05) is 0 Å². The van der Waals surface area contributed by atoms with Crippen LogP contribution in [0.4, 0.5) is 0 Å². The largest absolute Gasteiger partial charge is 0.248 e. The summed E-state index contributed by atoms with van der Waals surface area (Å²) in [6, 6.07) is 19.4. The van der Waals surface area contributed by atoms with Gasteiger partial charge < -0.3 is 0 Å². The van der Waals surface area contributed by atoms with E-state index in [9.17, 15) is 0 Å². The van der Waals surface area contributed by atoms with Gasteiger partial charge in [-0.05, 0) is 62.1 Å². The Kier molecular flexibility index (Phi) is 5.89. The molecule has 0 aliphatic heterocycles. The van der Waals surface area contributed by atoms with Crippen LogP contribution in [0.15, 0.2) is 54.6 Å². The summed E-state index contributed by atoms with van der Waals surface area (Å²) in [4.78, 5) is 4.90. The molecule has 0 aliphatic carbocycles. The van der Waals surface area contributed by atoms with Gasteiger partial charge in [0.15, 0.2) is 0 Å². The molecule has 0 atom stereocenters. The van der Waals surface area contributed by atoms with E-state index in [2.05, 4.69) is 82.3 Å². The lowest BCUT2D eigenvalue weighted by Crippen LogP contribution is -2.58. The van der Waals surface area contributed by atoms with Crippen molar-refractivity contribution in [2.45, 2.75) is 27.7 Å². The fourth-order valence-corrected chi connectivity index (χ4v) is 3.95. The van der Waals surface area contributed by atoms with Crippen molar-refractivity contribution in [2.24, 2.45) is 0 Å². The molecule has 5 nitrogen and oxygen atoms in total. The number of fused-ring (bicyclic) bond motifs is 2. The number of hydrogen-bond donors (Lipinski definition) is 1. The quantitative estimate of drug-likeness (QED) is 0.483. The Balaban J connectivity index is 0.000000431. The monoisotopic (exact) mass is 411 g/mol. The molecule has 0 aliphatic rings. The minimum atomic E-state index is -4.69. The van der Waals surface area contributed by atoms with Crippen LogP contribution in [0.1, 0.15) is 22.3 Å². The molecule has 0 amide bonds. The van der Waals surface area contributed by atoms with E-state index in [4.69, 9.17) is 23.6 Å². The van der Waals surface area contributed by atoms with Gasteiger partial charge in [-0.2, -0.15) is 14.0 Å². The van der Waals surface area contributed by atoms with Crippen molar-refractivity contribution in [1.82, 2.24) is 4.98 Å². The van der Waals surface area contributed by atoms with Crippen LogP contribution in [0.2, 0.25) is 0 Å². The number of halogens is 1. The molecular formula is C23H22ClNO4. The van der Waals surface area contributed by atoms with Gasteiger partial charge in [-0.15, -0.1) is 0 Å². The standard InChI is InChI=1S/C23H21N.ClHO4/c1-14-12-16(3)21(17(4)13-14)23-18-9-5-6-10-19(18)24-20-11-7-8-15(2)22(20)23;2-1(3,4)5/h5-13H,1-4H3;(H,2,3,4,5). The van der Waals surface area contributed by atoms with Gasteiger partial charge in [-0.3, -0.25) is 0 Å². The average Bonchev–Trinajstić information content (AvgIpc) is 2.59. The normalized spacial score (nSPS) is 11.4. The summed E-state index contributed by atoms with van der Waals surface area (Å²) in [7, 11) is -4.69. The molecule has 0 bridgehead atoms. The summed E-state index contributed by atoms with van der Waals surface area (Å²) in [6.07, 6.45) is 0. The van der Waals surface area contributed by atoms with Crippen LogP contribution in [0.3, 0.4) is 0 Å². The van der Waals surface area contributed by atoms with E-state index in [-0.39, 0.29) is 0 Å². The molecule has 4 aromatic rings.